The third-order valence-electron chi connectivity index (χ3n) is 2.82. The minimum absolute atomic E-state index is 0.104. The predicted octanol–water partition coefficient (Wildman–Crippen LogP) is 2.99. The van der Waals surface area contributed by atoms with Crippen LogP contribution in [0.4, 0.5) is 0 Å². The van der Waals surface area contributed by atoms with Crippen LogP contribution >= 0.6 is 11.6 Å². The Balaban J connectivity index is 2.72. The Morgan fingerprint density at radius 3 is 2.67 bits per heavy atom. The van der Waals surface area contributed by atoms with Gasteiger partial charge < -0.3 is 10.3 Å². The molecule has 0 aliphatic heterocycles. The van der Waals surface area contributed by atoms with Crippen molar-refractivity contribution in [2.45, 2.75) is 19.4 Å². The van der Waals surface area contributed by atoms with Crippen molar-refractivity contribution in [3.8, 4) is 0 Å². The quantitative estimate of drug-likeness (QED) is 0.832. The summed E-state index contributed by atoms with van der Waals surface area (Å²) in [5.74, 6) is 0. The van der Waals surface area contributed by atoms with Gasteiger partial charge in [0.15, 0.2) is 0 Å². The molecule has 2 nitrogen and oxygen atoms in total. The first-order valence-corrected chi connectivity index (χ1v) is 5.40. The number of rotatable bonds is 2. The number of hydrogen-bond acceptors (Lipinski definition) is 1. The van der Waals surface area contributed by atoms with Crippen molar-refractivity contribution in [2.24, 2.45) is 5.73 Å². The maximum atomic E-state index is 6.18. The number of hydrogen-bond donors (Lipinski definition) is 1. The van der Waals surface area contributed by atoms with Gasteiger partial charge in [0, 0.05) is 18.1 Å². The Hall–Kier alpha value is -0.990. The molecule has 0 unspecified atom stereocenters. The Labute approximate surface area is 94.6 Å². The zero-order valence-electron chi connectivity index (χ0n) is 9.00. The smallest absolute Gasteiger partial charge is 0.0661 e. The molecule has 0 bridgehead atoms. The number of aromatic nitrogens is 1. The van der Waals surface area contributed by atoms with Gasteiger partial charge >= 0.3 is 0 Å². The average Bonchev–Trinajstić information content (AvgIpc) is 2.58. The lowest BCUT2D eigenvalue weighted by Gasteiger charge is -2.26. The molecule has 2 rings (SSSR count). The fraction of sp³-hybridized carbons (Fsp3) is 0.333. The van der Waals surface area contributed by atoms with Gasteiger partial charge in [-0.1, -0.05) is 29.8 Å². The largest absolute Gasteiger partial charge is 0.339 e. The maximum Gasteiger partial charge on any atom is 0.0661 e. The van der Waals surface area contributed by atoms with Gasteiger partial charge in [0.2, 0.25) is 0 Å². The van der Waals surface area contributed by atoms with Crippen molar-refractivity contribution in [1.29, 1.82) is 0 Å². The van der Waals surface area contributed by atoms with Crippen LogP contribution in [0, 0.1) is 0 Å². The van der Waals surface area contributed by atoms with E-state index in [1.165, 1.54) is 0 Å². The molecule has 0 saturated carbocycles. The van der Waals surface area contributed by atoms with Gasteiger partial charge in [-0.15, -0.1) is 0 Å². The van der Waals surface area contributed by atoms with E-state index in [2.05, 4.69) is 24.5 Å². The van der Waals surface area contributed by atoms with E-state index >= 15 is 0 Å². The van der Waals surface area contributed by atoms with Gasteiger partial charge in [-0.2, -0.15) is 0 Å². The molecule has 0 spiro atoms. The highest BCUT2D eigenvalue weighted by Crippen LogP contribution is 2.29. The monoisotopic (exact) mass is 222 g/mol. The van der Waals surface area contributed by atoms with Gasteiger partial charge in [0.25, 0.3) is 0 Å². The van der Waals surface area contributed by atoms with Crippen LogP contribution in [0.1, 0.15) is 13.8 Å². The molecule has 80 valence electrons. The van der Waals surface area contributed by atoms with Gasteiger partial charge in [-0.25, -0.2) is 0 Å². The van der Waals surface area contributed by atoms with Crippen molar-refractivity contribution in [1.82, 2.24) is 4.57 Å². The van der Waals surface area contributed by atoms with Crippen LogP contribution in [-0.4, -0.2) is 11.1 Å². The Morgan fingerprint density at radius 1 is 1.33 bits per heavy atom. The summed E-state index contributed by atoms with van der Waals surface area (Å²) < 4.78 is 2.14. The van der Waals surface area contributed by atoms with Crippen molar-refractivity contribution >= 4 is 22.5 Å². The van der Waals surface area contributed by atoms with Gasteiger partial charge in [-0.3, -0.25) is 0 Å². The number of para-hydroxylation sites is 1. The fourth-order valence-corrected chi connectivity index (χ4v) is 1.99. The average molecular weight is 223 g/mol. The SMILES string of the molecule is CC(C)(CN)n1cc(Cl)c2ccccc21. The fourth-order valence-electron chi connectivity index (χ4n) is 1.74. The van der Waals surface area contributed by atoms with Crippen molar-refractivity contribution < 1.29 is 0 Å². The van der Waals surface area contributed by atoms with Crippen LogP contribution in [-0.2, 0) is 5.54 Å². The molecule has 0 aliphatic carbocycles. The maximum absolute atomic E-state index is 6.18. The van der Waals surface area contributed by atoms with Crippen LogP contribution < -0.4 is 5.73 Å². The first-order valence-electron chi connectivity index (χ1n) is 5.02. The molecule has 3 heteroatoms. The summed E-state index contributed by atoms with van der Waals surface area (Å²) in [6.07, 6.45) is 1.96. The summed E-state index contributed by atoms with van der Waals surface area (Å²) in [6.45, 7) is 4.80. The second-order valence-electron chi connectivity index (χ2n) is 4.38. The number of halogens is 1. The lowest BCUT2D eigenvalue weighted by atomic mass is 10.1. The molecule has 0 aliphatic rings. The van der Waals surface area contributed by atoms with E-state index in [0.29, 0.717) is 6.54 Å². The zero-order chi connectivity index (χ0) is 11.1. The molecule has 2 aromatic rings. The summed E-state index contributed by atoms with van der Waals surface area (Å²) in [7, 11) is 0. The van der Waals surface area contributed by atoms with Crippen molar-refractivity contribution in [2.75, 3.05) is 6.54 Å². The van der Waals surface area contributed by atoms with E-state index in [-0.39, 0.29) is 5.54 Å². The number of benzene rings is 1. The molecule has 1 heterocycles. The molecular weight excluding hydrogens is 208 g/mol. The lowest BCUT2D eigenvalue weighted by Crippen LogP contribution is -2.34. The first kappa shape index (κ1) is 10.5. The van der Waals surface area contributed by atoms with Gasteiger partial charge in [0.1, 0.15) is 0 Å². The van der Waals surface area contributed by atoms with Crippen LogP contribution in [0.5, 0.6) is 0 Å². The summed E-state index contributed by atoms with van der Waals surface area (Å²) in [5.41, 5.74) is 6.81. The molecular formula is C12H15ClN2. The van der Waals surface area contributed by atoms with Crippen LogP contribution in [0.2, 0.25) is 5.02 Å². The molecule has 1 aromatic heterocycles. The summed E-state index contributed by atoms with van der Waals surface area (Å²) in [5, 5.41) is 1.87. The normalized spacial score (nSPS) is 12.3. The topological polar surface area (TPSA) is 30.9 Å². The van der Waals surface area contributed by atoms with E-state index in [4.69, 9.17) is 17.3 Å². The summed E-state index contributed by atoms with van der Waals surface area (Å²) in [4.78, 5) is 0. The second-order valence-corrected chi connectivity index (χ2v) is 4.79. The molecule has 0 saturated heterocycles. The predicted molar refractivity (Wildman–Crippen MR) is 65.3 cm³/mol. The highest BCUT2D eigenvalue weighted by molar-refractivity contribution is 6.35. The Morgan fingerprint density at radius 2 is 2.00 bits per heavy atom. The zero-order valence-corrected chi connectivity index (χ0v) is 9.75. The van der Waals surface area contributed by atoms with Crippen LogP contribution in [0.3, 0.4) is 0 Å². The molecule has 15 heavy (non-hydrogen) atoms. The minimum Gasteiger partial charge on any atom is -0.339 e. The molecule has 0 radical (unpaired) electrons. The number of fused-ring (bicyclic) bond motifs is 1. The number of nitrogens with zero attached hydrogens (tertiary/aromatic N) is 1. The van der Waals surface area contributed by atoms with Crippen LogP contribution in [0.15, 0.2) is 30.5 Å². The Kier molecular flexibility index (Phi) is 2.49. The Bertz CT molecular complexity index is 485. The van der Waals surface area contributed by atoms with Crippen LogP contribution in [0.25, 0.3) is 10.9 Å². The van der Waals surface area contributed by atoms with Crippen molar-refractivity contribution in [3.05, 3.63) is 35.5 Å². The minimum atomic E-state index is -0.104. The van der Waals surface area contributed by atoms with Crippen molar-refractivity contribution in [3.63, 3.8) is 0 Å². The standard InChI is InChI=1S/C12H15ClN2/c1-12(2,8-14)15-7-10(13)9-5-3-4-6-11(9)15/h3-7H,8,14H2,1-2H3. The van der Waals surface area contributed by atoms with Gasteiger partial charge in [0.05, 0.1) is 16.1 Å². The lowest BCUT2D eigenvalue weighted by molar-refractivity contribution is 0.379. The number of nitrogens with two attached hydrogens (primary N) is 1. The third-order valence-corrected chi connectivity index (χ3v) is 3.12. The van der Waals surface area contributed by atoms with Gasteiger partial charge in [-0.05, 0) is 19.9 Å². The molecule has 0 atom stereocenters. The molecule has 0 amide bonds. The van der Waals surface area contributed by atoms with E-state index in [1.807, 2.05) is 24.4 Å². The highest BCUT2D eigenvalue weighted by atomic mass is 35.5. The van der Waals surface area contributed by atoms with E-state index in [0.717, 1.165) is 15.9 Å². The van der Waals surface area contributed by atoms with E-state index < -0.39 is 0 Å². The van der Waals surface area contributed by atoms with E-state index in [9.17, 15) is 0 Å². The van der Waals surface area contributed by atoms with E-state index in [1.54, 1.807) is 0 Å². The highest BCUT2D eigenvalue weighted by Gasteiger charge is 2.20. The molecule has 0 fully saturated rings. The molecule has 2 N–H and O–H groups in total. The summed E-state index contributed by atoms with van der Waals surface area (Å²) >= 11 is 6.18. The molecule has 1 aromatic carbocycles. The second kappa shape index (κ2) is 3.54. The third kappa shape index (κ3) is 1.64. The first-order chi connectivity index (χ1) is 7.06. The summed E-state index contributed by atoms with van der Waals surface area (Å²) in [6, 6.07) is 8.11.